The molecule has 0 spiro atoms. The summed E-state index contributed by atoms with van der Waals surface area (Å²) in [5.74, 6) is 1.76. The van der Waals surface area contributed by atoms with Crippen LogP contribution in [-0.2, 0) is 23.2 Å². The minimum atomic E-state index is -4.03. The van der Waals surface area contributed by atoms with Gasteiger partial charge in [0.25, 0.3) is 15.9 Å². The van der Waals surface area contributed by atoms with Crippen LogP contribution in [0.4, 0.5) is 11.4 Å². The van der Waals surface area contributed by atoms with E-state index < -0.39 is 10.1 Å². The van der Waals surface area contributed by atoms with Crippen LogP contribution in [0.25, 0.3) is 17.1 Å². The first-order valence-corrected chi connectivity index (χ1v) is 18.4. The van der Waals surface area contributed by atoms with E-state index in [1.165, 1.54) is 0 Å². The second-order valence-electron chi connectivity index (χ2n) is 10.9. The number of halogens is 4. The van der Waals surface area contributed by atoms with Crippen molar-refractivity contribution >= 4 is 85.0 Å². The van der Waals surface area contributed by atoms with Gasteiger partial charge in [0.1, 0.15) is 5.82 Å². The summed E-state index contributed by atoms with van der Waals surface area (Å²) in [6.07, 6.45) is 9.41. The molecule has 3 aromatic rings. The molecule has 7 nitrogen and oxygen atoms in total. The quantitative estimate of drug-likeness (QED) is 0.103. The number of unbranched alkanes of at least 4 members (excludes halogenated alkanes) is 3. The second-order valence-corrected chi connectivity index (χ2v) is 14.1. The van der Waals surface area contributed by atoms with Crippen LogP contribution in [0.2, 0.25) is 20.1 Å². The molecule has 0 radical (unpaired) electrons. The predicted molar refractivity (Wildman–Crippen MR) is 186 cm³/mol. The Morgan fingerprint density at radius 1 is 0.841 bits per heavy atom. The van der Waals surface area contributed by atoms with Crippen LogP contribution in [0.1, 0.15) is 72.0 Å². The van der Waals surface area contributed by atoms with Crippen LogP contribution < -0.4 is 14.4 Å². The molecule has 2 heterocycles. The number of aromatic nitrogens is 2. The zero-order chi connectivity index (χ0) is 32.2. The van der Waals surface area contributed by atoms with E-state index in [2.05, 4.69) is 58.8 Å². The highest BCUT2D eigenvalue weighted by atomic mass is 35.5. The van der Waals surface area contributed by atoms with Gasteiger partial charge in [0, 0.05) is 31.3 Å². The minimum absolute atomic E-state index is 0.278. The maximum atomic E-state index is 11.4. The second kappa shape index (κ2) is 15.1. The van der Waals surface area contributed by atoms with E-state index in [9.17, 15) is 13.0 Å². The van der Waals surface area contributed by atoms with E-state index in [-0.39, 0.29) is 5.75 Å². The molecule has 0 aliphatic carbocycles. The summed E-state index contributed by atoms with van der Waals surface area (Å²) in [7, 11) is -4.03. The highest BCUT2D eigenvalue weighted by Gasteiger charge is 2.32. The molecule has 0 amide bonds. The molecule has 1 aliphatic heterocycles. The van der Waals surface area contributed by atoms with E-state index >= 15 is 0 Å². The standard InChI is InChI=1S/C32H40Cl4N4O3S/c1-5-9-10-13-39-29-20-25(35)23(33)18-27(29)37(7-3)31(39)16-22(6-2)17-32-38(8-4)28-19-24(34)26(36)21-30(28)40(32)14-11-12-15-44(41,42)43/h16-21H,5-15H2,1-4H3/p+1. The average Bonchev–Trinajstić information content (AvgIpc) is 3.40. The first-order chi connectivity index (χ1) is 20.9. The molecule has 4 rings (SSSR count). The fraction of sp³-hybridized carbons (Fsp3) is 0.469. The molecule has 12 heteroatoms. The fourth-order valence-electron chi connectivity index (χ4n) is 5.80. The number of allylic oxidation sites excluding steroid dienone is 2. The van der Waals surface area contributed by atoms with Crippen LogP contribution in [0, 0.1) is 0 Å². The maximum absolute atomic E-state index is 11.4. The molecule has 240 valence electrons. The van der Waals surface area contributed by atoms with Crippen LogP contribution in [0.3, 0.4) is 0 Å². The van der Waals surface area contributed by atoms with E-state index in [1.807, 2.05) is 24.3 Å². The molecule has 2 aromatic carbocycles. The van der Waals surface area contributed by atoms with Gasteiger partial charge in [-0.15, -0.1) is 0 Å². The number of aryl methyl sites for hydroxylation is 2. The summed E-state index contributed by atoms with van der Waals surface area (Å²) >= 11 is 25.9. The Balaban J connectivity index is 1.85. The number of anilines is 2. The number of imidazole rings is 1. The molecule has 0 saturated heterocycles. The normalized spacial score (nSPS) is 14.8. The van der Waals surface area contributed by atoms with Gasteiger partial charge in [0.2, 0.25) is 0 Å². The lowest BCUT2D eigenvalue weighted by atomic mass is 10.1. The number of hydrogen-bond donors (Lipinski definition) is 1. The Labute approximate surface area is 281 Å². The first-order valence-electron chi connectivity index (χ1n) is 15.3. The minimum Gasteiger partial charge on any atom is -0.326 e. The fourth-order valence-corrected chi connectivity index (χ4v) is 7.00. The maximum Gasteiger partial charge on any atom is 0.282 e. The van der Waals surface area contributed by atoms with E-state index in [0.717, 1.165) is 78.4 Å². The zero-order valence-electron chi connectivity index (χ0n) is 25.7. The Kier molecular flexibility index (Phi) is 12.0. The van der Waals surface area contributed by atoms with Crippen molar-refractivity contribution < 1.29 is 17.5 Å². The van der Waals surface area contributed by atoms with Gasteiger partial charge >= 0.3 is 0 Å². The molecule has 1 aliphatic rings. The number of benzene rings is 2. The lowest BCUT2D eigenvalue weighted by Crippen LogP contribution is -2.36. The Morgan fingerprint density at radius 3 is 2.07 bits per heavy atom. The summed E-state index contributed by atoms with van der Waals surface area (Å²) in [6.45, 7) is 11.4. The van der Waals surface area contributed by atoms with Gasteiger partial charge < -0.3 is 9.80 Å². The lowest BCUT2D eigenvalue weighted by Gasteiger charge is -2.25. The van der Waals surface area contributed by atoms with Gasteiger partial charge in [0.05, 0.1) is 50.3 Å². The SMILES string of the molecule is CCCCC[n+]1c(C=C(C=C2N(CC)c3cc(Cl)c(Cl)cc3N2CCCCS(=O)(=O)O)CC)n(CC)c2cc(Cl)c(Cl)cc21. The average molecular weight is 704 g/mol. The topological polar surface area (TPSA) is 69.7 Å². The Bertz CT molecular complexity index is 1680. The highest BCUT2D eigenvalue weighted by molar-refractivity contribution is 7.85. The number of hydrogen-bond acceptors (Lipinski definition) is 4. The molecular weight excluding hydrogens is 662 g/mol. The number of fused-ring (bicyclic) bond motifs is 2. The largest absolute Gasteiger partial charge is 0.326 e. The summed E-state index contributed by atoms with van der Waals surface area (Å²) in [5.41, 5.74) is 5.07. The third-order valence-electron chi connectivity index (χ3n) is 7.99. The Hall–Kier alpha value is -1.94. The zero-order valence-corrected chi connectivity index (χ0v) is 29.6. The van der Waals surface area contributed by atoms with E-state index in [4.69, 9.17) is 46.4 Å². The van der Waals surface area contributed by atoms with Crippen molar-refractivity contribution in [2.45, 2.75) is 79.3 Å². The molecular formula is C32H41Cl4N4O3S+. The highest BCUT2D eigenvalue weighted by Crippen LogP contribution is 2.46. The van der Waals surface area contributed by atoms with Gasteiger partial charge in [-0.3, -0.25) is 4.55 Å². The van der Waals surface area contributed by atoms with Crippen molar-refractivity contribution in [3.63, 3.8) is 0 Å². The van der Waals surface area contributed by atoms with Crippen molar-refractivity contribution in [2.24, 2.45) is 0 Å². The number of nitrogens with zero attached hydrogens (tertiary/aromatic N) is 4. The smallest absolute Gasteiger partial charge is 0.282 e. The van der Waals surface area contributed by atoms with Gasteiger partial charge in [-0.05, 0) is 69.7 Å². The summed E-state index contributed by atoms with van der Waals surface area (Å²) in [4.78, 5) is 4.37. The molecule has 0 atom stereocenters. The van der Waals surface area contributed by atoms with Crippen molar-refractivity contribution in [1.29, 1.82) is 0 Å². The molecule has 1 aromatic heterocycles. The van der Waals surface area contributed by atoms with Gasteiger partial charge in [-0.1, -0.05) is 66.7 Å². The van der Waals surface area contributed by atoms with E-state index in [1.54, 1.807) is 0 Å². The van der Waals surface area contributed by atoms with Crippen molar-refractivity contribution in [3.05, 3.63) is 67.7 Å². The first kappa shape index (κ1) is 34.9. The number of rotatable bonds is 14. The van der Waals surface area contributed by atoms with Gasteiger partial charge in [-0.25, -0.2) is 9.13 Å². The molecule has 1 N–H and O–H groups in total. The monoisotopic (exact) mass is 701 g/mol. The Morgan fingerprint density at radius 2 is 1.48 bits per heavy atom. The van der Waals surface area contributed by atoms with Crippen LogP contribution in [0.5, 0.6) is 0 Å². The van der Waals surface area contributed by atoms with Gasteiger partial charge in [-0.2, -0.15) is 8.42 Å². The molecule has 0 unspecified atom stereocenters. The summed E-state index contributed by atoms with van der Waals surface area (Å²) in [6, 6.07) is 7.67. The third kappa shape index (κ3) is 7.71. The van der Waals surface area contributed by atoms with Crippen molar-refractivity contribution in [3.8, 4) is 0 Å². The predicted octanol–water partition coefficient (Wildman–Crippen LogP) is 9.40. The van der Waals surface area contributed by atoms with E-state index in [0.29, 0.717) is 46.0 Å². The van der Waals surface area contributed by atoms with Gasteiger partial charge in [0.15, 0.2) is 11.0 Å². The van der Waals surface area contributed by atoms with Crippen LogP contribution in [-0.4, -0.2) is 36.4 Å². The van der Waals surface area contributed by atoms with Crippen LogP contribution >= 0.6 is 46.4 Å². The summed E-state index contributed by atoms with van der Waals surface area (Å²) < 4.78 is 36.6. The summed E-state index contributed by atoms with van der Waals surface area (Å²) in [5, 5.41) is 1.99. The van der Waals surface area contributed by atoms with Crippen molar-refractivity contribution in [2.75, 3.05) is 28.6 Å². The lowest BCUT2D eigenvalue weighted by molar-refractivity contribution is -0.674. The molecule has 0 saturated carbocycles. The molecule has 44 heavy (non-hydrogen) atoms. The molecule has 0 fully saturated rings. The third-order valence-corrected chi connectivity index (χ3v) is 10.2. The van der Waals surface area contributed by atoms with Crippen molar-refractivity contribution in [1.82, 2.24) is 4.57 Å². The van der Waals surface area contributed by atoms with Crippen LogP contribution in [0.15, 0.2) is 41.7 Å². The molecule has 0 bridgehead atoms.